The topological polar surface area (TPSA) is 89.5 Å². The molecule has 0 aromatic heterocycles. The molecule has 2 bridgehead atoms. The summed E-state index contributed by atoms with van der Waals surface area (Å²) < 4.78 is 22.4. The van der Waals surface area contributed by atoms with Crippen molar-refractivity contribution < 1.29 is 38.3 Å². The lowest BCUT2D eigenvalue weighted by Crippen LogP contribution is -2.71. The maximum atomic E-state index is 12.5. The quantitative estimate of drug-likeness (QED) is 0.297. The van der Waals surface area contributed by atoms with Crippen LogP contribution in [0.2, 0.25) is 0 Å². The van der Waals surface area contributed by atoms with Gasteiger partial charge in [-0.05, 0) is 32.1 Å². The van der Waals surface area contributed by atoms with Gasteiger partial charge in [-0.1, -0.05) is 13.8 Å². The third-order valence-electron chi connectivity index (χ3n) is 6.81. The van der Waals surface area contributed by atoms with Crippen LogP contribution in [0, 0.1) is 23.7 Å². The summed E-state index contributed by atoms with van der Waals surface area (Å²) in [6.07, 6.45) is 0.411. The second-order valence-electron chi connectivity index (χ2n) is 8.47. The minimum absolute atomic E-state index is 0.0454. The van der Waals surface area contributed by atoms with Crippen molar-refractivity contribution in [2.24, 2.45) is 23.7 Å². The molecule has 8 nitrogen and oxygen atoms in total. The molecule has 1 unspecified atom stereocenters. The van der Waals surface area contributed by atoms with E-state index in [4.69, 9.17) is 40.3 Å². The van der Waals surface area contributed by atoms with Crippen LogP contribution in [0.3, 0.4) is 0 Å². The van der Waals surface area contributed by atoms with Crippen LogP contribution in [0.1, 0.15) is 46.5 Å². The minimum Gasteiger partial charge on any atom is -0.434 e. The molecular formula is C19H27ClO8. The number of rotatable bonds is 4. The molecule has 0 radical (unpaired) electrons. The highest BCUT2D eigenvalue weighted by molar-refractivity contribution is 6.17. The van der Waals surface area contributed by atoms with E-state index in [0.717, 1.165) is 6.42 Å². The van der Waals surface area contributed by atoms with Crippen LogP contribution in [0.5, 0.6) is 0 Å². The van der Waals surface area contributed by atoms with Crippen LogP contribution in [0.15, 0.2) is 0 Å². The second-order valence-corrected chi connectivity index (χ2v) is 8.85. The number of fused-ring (bicyclic) bond motifs is 2. The van der Waals surface area contributed by atoms with E-state index in [1.54, 1.807) is 6.92 Å². The van der Waals surface area contributed by atoms with Gasteiger partial charge in [0.1, 0.15) is 6.10 Å². The highest BCUT2D eigenvalue weighted by Crippen LogP contribution is 2.60. The van der Waals surface area contributed by atoms with Crippen molar-refractivity contribution in [1.82, 2.24) is 0 Å². The molecule has 4 heterocycles. The molecule has 1 saturated carbocycles. The van der Waals surface area contributed by atoms with Gasteiger partial charge in [0.05, 0.1) is 12.5 Å². The summed E-state index contributed by atoms with van der Waals surface area (Å²) in [5.74, 6) is -1.68. The Morgan fingerprint density at radius 1 is 1.29 bits per heavy atom. The van der Waals surface area contributed by atoms with E-state index in [1.165, 1.54) is 0 Å². The monoisotopic (exact) mass is 418 g/mol. The van der Waals surface area contributed by atoms with Gasteiger partial charge in [0.2, 0.25) is 12.1 Å². The van der Waals surface area contributed by atoms with Crippen molar-refractivity contribution in [2.75, 3.05) is 12.5 Å². The molecule has 4 aliphatic heterocycles. The maximum absolute atomic E-state index is 12.5. The number of hydrogen-bond donors (Lipinski definition) is 0. The summed E-state index contributed by atoms with van der Waals surface area (Å²) in [7, 11) is 0. The lowest BCUT2D eigenvalue weighted by molar-refractivity contribution is -0.560. The molecule has 9 heteroatoms. The predicted molar refractivity (Wildman–Crippen MR) is 95.0 cm³/mol. The number of alkyl halides is 1. The summed E-state index contributed by atoms with van der Waals surface area (Å²) in [5, 5.41) is 0. The lowest BCUT2D eigenvalue weighted by atomic mass is 9.57. The molecule has 158 valence electrons. The first kappa shape index (κ1) is 20.2. The van der Waals surface area contributed by atoms with Crippen LogP contribution in [-0.4, -0.2) is 48.4 Å². The normalized spacial score (nSPS) is 46.9. The van der Waals surface area contributed by atoms with Crippen LogP contribution in [0.25, 0.3) is 0 Å². The Morgan fingerprint density at radius 3 is 2.82 bits per heavy atom. The van der Waals surface area contributed by atoms with Gasteiger partial charge < -0.3 is 18.9 Å². The molecule has 5 aliphatic rings. The van der Waals surface area contributed by atoms with E-state index in [-0.39, 0.29) is 30.3 Å². The van der Waals surface area contributed by atoms with Gasteiger partial charge in [-0.15, -0.1) is 11.6 Å². The Bertz CT molecular complexity index is 643. The average Bonchev–Trinajstić information content (AvgIpc) is 2.88. The number of halogens is 1. The zero-order valence-corrected chi connectivity index (χ0v) is 17.1. The Balaban J connectivity index is 1.60. The fraction of sp³-hybridized carbons (Fsp3) is 0.895. The minimum atomic E-state index is -0.963. The Kier molecular flexibility index (Phi) is 5.27. The van der Waals surface area contributed by atoms with Crippen molar-refractivity contribution in [3.63, 3.8) is 0 Å². The molecule has 8 atom stereocenters. The van der Waals surface area contributed by atoms with Gasteiger partial charge in [-0.3, -0.25) is 4.79 Å². The zero-order valence-electron chi connectivity index (χ0n) is 16.4. The lowest BCUT2D eigenvalue weighted by Gasteiger charge is -2.58. The first-order valence-electron chi connectivity index (χ1n) is 9.95. The van der Waals surface area contributed by atoms with Crippen molar-refractivity contribution in [3.05, 3.63) is 0 Å². The van der Waals surface area contributed by atoms with Crippen molar-refractivity contribution in [3.8, 4) is 0 Å². The molecule has 0 aromatic carbocycles. The molecule has 1 aliphatic carbocycles. The van der Waals surface area contributed by atoms with Crippen molar-refractivity contribution >= 4 is 23.7 Å². The summed E-state index contributed by atoms with van der Waals surface area (Å²) in [5.41, 5.74) is -0.898. The van der Waals surface area contributed by atoms with Crippen LogP contribution in [0.4, 0.5) is 4.79 Å². The SMILES string of the molecule is C[C@@H]1[C@@H](OC(=O)OCCCCl)C[C@H]2[C@@H](C)C(=O)O[C@@H]3OC4(C)CC[C@@H]1[C@]32OO4. The van der Waals surface area contributed by atoms with Gasteiger partial charge in [-0.25, -0.2) is 14.6 Å². The summed E-state index contributed by atoms with van der Waals surface area (Å²) in [6, 6.07) is 0. The van der Waals surface area contributed by atoms with E-state index in [2.05, 4.69) is 0 Å². The number of carbonyl (C=O) groups excluding carboxylic acids is 2. The van der Waals surface area contributed by atoms with E-state index < -0.39 is 35.9 Å². The predicted octanol–water partition coefficient (Wildman–Crippen LogP) is 3.16. The number of ether oxygens (including phenoxy) is 4. The smallest absolute Gasteiger partial charge is 0.434 e. The van der Waals surface area contributed by atoms with Gasteiger partial charge in [0.25, 0.3) is 0 Å². The Labute approximate surface area is 169 Å². The molecule has 0 aromatic rings. The molecule has 5 rings (SSSR count). The standard InChI is InChI=1S/C19H27ClO8/c1-10-12-5-6-18(3)26-16-19(12,28-27-18)13(11(2)15(21)25-16)9-14(10)24-17(22)23-8-4-7-20/h10-14,16H,4-9H2,1-3H3/t10-,11+,12-,13-,14-,16+,18?,19+/m0/s1. The zero-order chi connectivity index (χ0) is 20.1. The number of hydrogen-bond acceptors (Lipinski definition) is 8. The summed E-state index contributed by atoms with van der Waals surface area (Å²) in [6.45, 7) is 5.83. The van der Waals surface area contributed by atoms with Crippen LogP contribution in [-0.2, 0) is 33.5 Å². The summed E-state index contributed by atoms with van der Waals surface area (Å²) in [4.78, 5) is 36.2. The van der Waals surface area contributed by atoms with Gasteiger partial charge in [-0.2, -0.15) is 0 Å². The number of esters is 1. The van der Waals surface area contributed by atoms with Crippen molar-refractivity contribution in [1.29, 1.82) is 0 Å². The maximum Gasteiger partial charge on any atom is 0.508 e. The summed E-state index contributed by atoms with van der Waals surface area (Å²) >= 11 is 5.61. The molecule has 0 N–H and O–H groups in total. The van der Waals surface area contributed by atoms with E-state index in [1.807, 2.05) is 13.8 Å². The average molecular weight is 419 g/mol. The second kappa shape index (κ2) is 7.31. The van der Waals surface area contributed by atoms with Crippen LogP contribution < -0.4 is 0 Å². The van der Waals surface area contributed by atoms with E-state index >= 15 is 0 Å². The Hall–Kier alpha value is -1.09. The molecular weight excluding hydrogens is 392 g/mol. The van der Waals surface area contributed by atoms with Crippen LogP contribution >= 0.6 is 11.6 Å². The largest absolute Gasteiger partial charge is 0.508 e. The molecule has 4 saturated heterocycles. The fourth-order valence-electron chi connectivity index (χ4n) is 5.22. The van der Waals surface area contributed by atoms with Gasteiger partial charge >= 0.3 is 12.1 Å². The molecule has 0 amide bonds. The Morgan fingerprint density at radius 2 is 2.07 bits per heavy atom. The van der Waals surface area contributed by atoms with Crippen molar-refractivity contribution in [2.45, 2.75) is 70.2 Å². The van der Waals surface area contributed by atoms with Gasteiger partial charge in [0, 0.05) is 24.1 Å². The highest BCUT2D eigenvalue weighted by atomic mass is 35.5. The third-order valence-corrected chi connectivity index (χ3v) is 7.07. The first-order valence-corrected chi connectivity index (χ1v) is 10.5. The van der Waals surface area contributed by atoms with E-state index in [9.17, 15) is 9.59 Å². The third kappa shape index (κ3) is 3.09. The molecule has 28 heavy (non-hydrogen) atoms. The fourth-order valence-corrected chi connectivity index (χ4v) is 5.33. The van der Waals surface area contributed by atoms with Gasteiger partial charge in [0.15, 0.2) is 5.60 Å². The highest BCUT2D eigenvalue weighted by Gasteiger charge is 2.71. The molecule has 5 fully saturated rings. The number of carbonyl (C=O) groups is 2. The molecule has 1 spiro atoms. The van der Waals surface area contributed by atoms with E-state index in [0.29, 0.717) is 25.1 Å². The first-order chi connectivity index (χ1) is 13.3.